The van der Waals surface area contributed by atoms with Gasteiger partial charge in [0, 0.05) is 12.8 Å². The third kappa shape index (κ3) is 38.5. The summed E-state index contributed by atoms with van der Waals surface area (Å²) in [7, 11) is -4.62. The molecule has 0 aromatic rings. The van der Waals surface area contributed by atoms with Gasteiger partial charge in [-0.05, 0) is 64.2 Å². The molecule has 53 heavy (non-hydrogen) atoms. The monoisotopic (exact) mass is 775 g/mol. The van der Waals surface area contributed by atoms with Gasteiger partial charge in [0.15, 0.2) is 6.10 Å². The molecule has 0 aliphatic heterocycles. The molecule has 0 radical (unpaired) electrons. The van der Waals surface area contributed by atoms with E-state index in [1.165, 1.54) is 103 Å². The third-order valence-corrected chi connectivity index (χ3v) is 10.0. The fraction of sp³-hybridized carbons (Fsp3) is 0.857. The molecule has 0 aromatic carbocycles. The molecule has 0 fully saturated rings. The van der Waals surface area contributed by atoms with Gasteiger partial charge in [0.2, 0.25) is 0 Å². The summed E-state index contributed by atoms with van der Waals surface area (Å²) in [6.45, 7) is 2.35. The number of phosphoric acid groups is 1. The summed E-state index contributed by atoms with van der Waals surface area (Å²) in [5.74, 6) is -0.945. The first-order valence-corrected chi connectivity index (χ1v) is 22.8. The molecule has 0 rings (SSSR count). The maximum absolute atomic E-state index is 12.6. The Morgan fingerprint density at radius 1 is 0.547 bits per heavy atom. The van der Waals surface area contributed by atoms with Crippen molar-refractivity contribution in [2.24, 2.45) is 0 Å². The van der Waals surface area contributed by atoms with Crippen LogP contribution in [-0.4, -0.2) is 65.7 Å². The Bertz CT molecular complexity index is 941. The smallest absolute Gasteiger partial charge is 0.462 e. The van der Waals surface area contributed by atoms with Gasteiger partial charge < -0.3 is 24.6 Å². The summed E-state index contributed by atoms with van der Waals surface area (Å²) in [4.78, 5) is 34.9. The van der Waals surface area contributed by atoms with Crippen molar-refractivity contribution in [3.8, 4) is 0 Å². The molecule has 0 aliphatic rings. The number of aliphatic hydroxyl groups is 2. The topological polar surface area (TPSA) is 149 Å². The summed E-state index contributed by atoms with van der Waals surface area (Å²) in [5, 5.41) is 18.3. The van der Waals surface area contributed by atoms with Crippen molar-refractivity contribution in [1.82, 2.24) is 0 Å². The van der Waals surface area contributed by atoms with Crippen molar-refractivity contribution in [1.29, 1.82) is 0 Å². The van der Waals surface area contributed by atoms with Crippen LogP contribution in [0.25, 0.3) is 0 Å². The van der Waals surface area contributed by atoms with E-state index >= 15 is 0 Å². The number of hydrogen-bond donors (Lipinski definition) is 3. The zero-order chi connectivity index (χ0) is 39.1. The molecule has 0 saturated carbocycles. The first kappa shape index (κ1) is 51.5. The maximum Gasteiger partial charge on any atom is 0.472 e. The van der Waals surface area contributed by atoms with E-state index in [1.807, 2.05) is 0 Å². The van der Waals surface area contributed by atoms with E-state index in [0.717, 1.165) is 51.4 Å². The summed E-state index contributed by atoms with van der Waals surface area (Å²) in [6.07, 6.45) is 37.2. The Labute approximate surface area is 323 Å². The molecule has 11 heteroatoms. The predicted molar refractivity (Wildman–Crippen MR) is 215 cm³/mol. The van der Waals surface area contributed by atoms with Crippen molar-refractivity contribution in [3.63, 3.8) is 0 Å². The number of unbranched alkanes of at least 4 members (excludes halogenated alkanes) is 22. The Kier molecular flexibility index (Phi) is 37.6. The van der Waals surface area contributed by atoms with Crippen LogP contribution in [0.3, 0.4) is 0 Å². The van der Waals surface area contributed by atoms with E-state index in [0.29, 0.717) is 12.8 Å². The van der Waals surface area contributed by atoms with E-state index in [2.05, 4.69) is 42.7 Å². The molecule has 0 aromatic heterocycles. The van der Waals surface area contributed by atoms with Crippen LogP contribution < -0.4 is 0 Å². The number of hydrogen-bond acceptors (Lipinski definition) is 9. The lowest BCUT2D eigenvalue weighted by atomic mass is 10.1. The van der Waals surface area contributed by atoms with Crippen molar-refractivity contribution >= 4 is 19.8 Å². The standard InChI is InChI=1S/C42H79O10P/c1-3-5-7-9-11-13-15-17-18-19-20-22-23-25-27-29-31-33-41(45)49-37-40(38-51-53(47,48)50-36-39(44)35-43)52-42(46)34-32-30-28-26-24-21-16-14-12-10-8-6-4-2/h17-18,21,24,39-40,43-44H,3-16,19-20,22-23,25-38H2,1-2H3,(H,47,48)/b18-17+,24-21+/t39-,40+/m0/s1. The zero-order valence-electron chi connectivity index (χ0n) is 33.7. The highest BCUT2D eigenvalue weighted by Gasteiger charge is 2.27. The van der Waals surface area contributed by atoms with Crippen molar-refractivity contribution < 1.29 is 47.8 Å². The summed E-state index contributed by atoms with van der Waals surface area (Å²) >= 11 is 0. The van der Waals surface area contributed by atoms with Crippen molar-refractivity contribution in [2.45, 2.75) is 206 Å². The van der Waals surface area contributed by atoms with E-state index in [9.17, 15) is 24.2 Å². The molecular weight excluding hydrogens is 695 g/mol. The summed E-state index contributed by atoms with van der Waals surface area (Å²) < 4.78 is 32.6. The number of phosphoric ester groups is 1. The van der Waals surface area contributed by atoms with E-state index in [4.69, 9.17) is 19.1 Å². The lowest BCUT2D eigenvalue weighted by Crippen LogP contribution is -2.29. The van der Waals surface area contributed by atoms with Gasteiger partial charge in [-0.1, -0.05) is 141 Å². The second-order valence-corrected chi connectivity index (χ2v) is 15.8. The minimum absolute atomic E-state index is 0.165. The van der Waals surface area contributed by atoms with E-state index < -0.39 is 51.8 Å². The van der Waals surface area contributed by atoms with Crippen LogP contribution >= 0.6 is 7.82 Å². The van der Waals surface area contributed by atoms with E-state index in [1.54, 1.807) is 0 Å². The molecule has 312 valence electrons. The number of aliphatic hydroxyl groups excluding tert-OH is 2. The first-order valence-electron chi connectivity index (χ1n) is 21.3. The normalized spacial score (nSPS) is 14.1. The molecule has 3 atom stereocenters. The number of rotatable bonds is 40. The van der Waals surface area contributed by atoms with Gasteiger partial charge in [0.25, 0.3) is 0 Å². The summed E-state index contributed by atoms with van der Waals surface area (Å²) in [5.41, 5.74) is 0. The van der Waals surface area contributed by atoms with Crippen molar-refractivity contribution in [3.05, 3.63) is 24.3 Å². The molecule has 0 spiro atoms. The highest BCUT2D eigenvalue weighted by molar-refractivity contribution is 7.47. The molecule has 0 saturated heterocycles. The lowest BCUT2D eigenvalue weighted by molar-refractivity contribution is -0.161. The number of carbonyl (C=O) groups is 2. The maximum atomic E-state index is 12.6. The average molecular weight is 775 g/mol. The highest BCUT2D eigenvalue weighted by Crippen LogP contribution is 2.43. The van der Waals surface area contributed by atoms with Crippen LogP contribution in [0.4, 0.5) is 0 Å². The molecule has 10 nitrogen and oxygen atoms in total. The van der Waals surface area contributed by atoms with Gasteiger partial charge in [0.05, 0.1) is 19.8 Å². The van der Waals surface area contributed by atoms with E-state index in [-0.39, 0.29) is 19.4 Å². The Hall–Kier alpha value is -1.55. The molecule has 0 heterocycles. The number of ether oxygens (including phenoxy) is 2. The number of carbonyl (C=O) groups excluding carboxylic acids is 2. The van der Waals surface area contributed by atoms with Crippen LogP contribution in [-0.2, 0) is 32.7 Å². The predicted octanol–water partition coefficient (Wildman–Crippen LogP) is 11.0. The SMILES string of the molecule is CCCCCCCC/C=C/CCCCCCCCCC(=O)OC[C@H](COP(=O)(O)OC[C@@H](O)CO)OC(=O)CCCCC/C=C/CCCCCCCC. The van der Waals surface area contributed by atoms with Gasteiger partial charge in [0.1, 0.15) is 12.7 Å². The molecule has 0 amide bonds. The zero-order valence-corrected chi connectivity index (χ0v) is 34.6. The Balaban J connectivity index is 4.30. The second-order valence-electron chi connectivity index (χ2n) is 14.4. The second kappa shape index (κ2) is 38.7. The average Bonchev–Trinajstić information content (AvgIpc) is 3.14. The number of allylic oxidation sites excluding steroid dienone is 4. The fourth-order valence-corrected chi connectivity index (χ4v) is 6.54. The lowest BCUT2D eigenvalue weighted by Gasteiger charge is -2.20. The Morgan fingerprint density at radius 3 is 1.38 bits per heavy atom. The molecule has 0 aliphatic carbocycles. The van der Waals surface area contributed by atoms with Gasteiger partial charge >= 0.3 is 19.8 Å². The van der Waals surface area contributed by atoms with Crippen LogP contribution in [0.15, 0.2) is 24.3 Å². The minimum Gasteiger partial charge on any atom is -0.462 e. The van der Waals surface area contributed by atoms with Gasteiger partial charge in [-0.15, -0.1) is 0 Å². The third-order valence-electron chi connectivity index (χ3n) is 9.08. The van der Waals surface area contributed by atoms with Gasteiger partial charge in [-0.3, -0.25) is 18.6 Å². The van der Waals surface area contributed by atoms with Gasteiger partial charge in [-0.25, -0.2) is 4.57 Å². The van der Waals surface area contributed by atoms with Gasteiger partial charge in [-0.2, -0.15) is 0 Å². The minimum atomic E-state index is -4.62. The highest BCUT2D eigenvalue weighted by atomic mass is 31.2. The van der Waals surface area contributed by atoms with Crippen LogP contribution in [0, 0.1) is 0 Å². The van der Waals surface area contributed by atoms with Crippen LogP contribution in [0.5, 0.6) is 0 Å². The Morgan fingerprint density at radius 2 is 0.925 bits per heavy atom. The number of esters is 2. The fourth-order valence-electron chi connectivity index (χ4n) is 5.75. The largest absolute Gasteiger partial charge is 0.472 e. The molecule has 3 N–H and O–H groups in total. The quantitative estimate of drug-likeness (QED) is 0.0238. The first-order chi connectivity index (χ1) is 25.7. The summed E-state index contributed by atoms with van der Waals surface area (Å²) in [6, 6.07) is 0. The molecular formula is C42H79O10P. The molecule has 1 unspecified atom stereocenters. The van der Waals surface area contributed by atoms with Crippen molar-refractivity contribution in [2.75, 3.05) is 26.4 Å². The van der Waals surface area contributed by atoms with Crippen LogP contribution in [0.1, 0.15) is 194 Å². The van der Waals surface area contributed by atoms with Crippen LogP contribution in [0.2, 0.25) is 0 Å². The molecule has 0 bridgehead atoms.